The third-order valence-electron chi connectivity index (χ3n) is 4.04. The van der Waals surface area contributed by atoms with Gasteiger partial charge in [0.2, 0.25) is 0 Å². The highest BCUT2D eigenvalue weighted by molar-refractivity contribution is 5.84. The Hall–Kier alpha value is -2.19. The lowest BCUT2D eigenvalue weighted by Gasteiger charge is -2.07. The van der Waals surface area contributed by atoms with Crippen molar-refractivity contribution in [3.8, 4) is 11.1 Å². The fourth-order valence-electron chi connectivity index (χ4n) is 2.67. The molecule has 2 heteroatoms. The molecule has 0 atom stereocenters. The van der Waals surface area contributed by atoms with Crippen molar-refractivity contribution in [1.82, 2.24) is 10.3 Å². The highest BCUT2D eigenvalue weighted by atomic mass is 14.9. The predicted octanol–water partition coefficient (Wildman–Crippen LogP) is 4.15. The summed E-state index contributed by atoms with van der Waals surface area (Å²) in [5, 5.41) is 4.76. The van der Waals surface area contributed by atoms with E-state index in [1.165, 1.54) is 34.9 Å². The summed E-state index contributed by atoms with van der Waals surface area (Å²) in [4.78, 5) is 4.38. The number of rotatable bonds is 4. The van der Waals surface area contributed by atoms with Crippen molar-refractivity contribution in [2.24, 2.45) is 0 Å². The standard InChI is InChI=1S/C19H18N2/c1-3-14(13-21-18-7-8-18)11-15(4-1)16-6-9-19-17(12-16)5-2-10-20-19/h1-6,9-12,18,21H,7-8,13H2. The molecule has 1 aromatic heterocycles. The zero-order chi connectivity index (χ0) is 14.1. The van der Waals surface area contributed by atoms with Gasteiger partial charge in [0.1, 0.15) is 0 Å². The van der Waals surface area contributed by atoms with Crippen LogP contribution in [0.25, 0.3) is 22.0 Å². The van der Waals surface area contributed by atoms with Crippen LogP contribution in [0, 0.1) is 0 Å². The number of hydrogen-bond acceptors (Lipinski definition) is 2. The molecule has 0 bridgehead atoms. The summed E-state index contributed by atoms with van der Waals surface area (Å²) in [6.45, 7) is 0.966. The number of hydrogen-bond donors (Lipinski definition) is 1. The van der Waals surface area contributed by atoms with Crippen LogP contribution >= 0.6 is 0 Å². The third-order valence-corrected chi connectivity index (χ3v) is 4.04. The van der Waals surface area contributed by atoms with E-state index in [0.29, 0.717) is 0 Å². The highest BCUT2D eigenvalue weighted by Gasteiger charge is 2.19. The van der Waals surface area contributed by atoms with Crippen molar-refractivity contribution in [1.29, 1.82) is 0 Å². The Balaban J connectivity index is 1.65. The number of fused-ring (bicyclic) bond motifs is 1. The van der Waals surface area contributed by atoms with Crippen molar-refractivity contribution < 1.29 is 0 Å². The number of nitrogens with one attached hydrogen (secondary N) is 1. The SMILES string of the molecule is c1cc(CNC2CC2)cc(-c2ccc3ncccc3c2)c1. The van der Waals surface area contributed by atoms with Gasteiger partial charge in [-0.05, 0) is 53.8 Å². The Morgan fingerprint density at radius 2 is 1.86 bits per heavy atom. The Bertz CT molecular complexity index is 775. The molecule has 1 aliphatic rings. The Morgan fingerprint density at radius 3 is 2.76 bits per heavy atom. The fourth-order valence-corrected chi connectivity index (χ4v) is 2.67. The van der Waals surface area contributed by atoms with Crippen molar-refractivity contribution in [2.45, 2.75) is 25.4 Å². The number of benzene rings is 2. The summed E-state index contributed by atoms with van der Waals surface area (Å²) in [5.74, 6) is 0. The Kier molecular flexibility index (Phi) is 3.17. The van der Waals surface area contributed by atoms with Crippen LogP contribution in [0.3, 0.4) is 0 Å². The van der Waals surface area contributed by atoms with E-state index >= 15 is 0 Å². The molecule has 1 N–H and O–H groups in total. The van der Waals surface area contributed by atoms with Crippen LogP contribution in [0.15, 0.2) is 60.8 Å². The van der Waals surface area contributed by atoms with E-state index in [0.717, 1.165) is 18.1 Å². The van der Waals surface area contributed by atoms with Crippen LogP contribution in [0.1, 0.15) is 18.4 Å². The Labute approximate surface area is 124 Å². The molecule has 1 fully saturated rings. The van der Waals surface area contributed by atoms with Crippen molar-refractivity contribution in [2.75, 3.05) is 0 Å². The number of nitrogens with zero attached hydrogens (tertiary/aromatic N) is 1. The summed E-state index contributed by atoms with van der Waals surface area (Å²) >= 11 is 0. The van der Waals surface area contributed by atoms with Gasteiger partial charge in [0.05, 0.1) is 5.52 Å². The topological polar surface area (TPSA) is 24.9 Å². The van der Waals surface area contributed by atoms with Gasteiger partial charge >= 0.3 is 0 Å². The molecule has 104 valence electrons. The molecule has 4 rings (SSSR count). The first-order valence-electron chi connectivity index (χ1n) is 7.56. The molecular formula is C19H18N2. The molecule has 0 aliphatic heterocycles. The van der Waals surface area contributed by atoms with Gasteiger partial charge in [-0.1, -0.05) is 30.3 Å². The molecule has 0 spiro atoms. The monoisotopic (exact) mass is 274 g/mol. The van der Waals surface area contributed by atoms with Gasteiger partial charge in [-0.15, -0.1) is 0 Å². The van der Waals surface area contributed by atoms with E-state index in [1.807, 2.05) is 12.3 Å². The smallest absolute Gasteiger partial charge is 0.0702 e. The second-order valence-electron chi connectivity index (χ2n) is 5.77. The van der Waals surface area contributed by atoms with Gasteiger partial charge in [0.25, 0.3) is 0 Å². The fraction of sp³-hybridized carbons (Fsp3) is 0.211. The van der Waals surface area contributed by atoms with Crippen LogP contribution in [0.2, 0.25) is 0 Å². The zero-order valence-electron chi connectivity index (χ0n) is 11.9. The summed E-state index contributed by atoms with van der Waals surface area (Å²) in [6.07, 6.45) is 4.50. The summed E-state index contributed by atoms with van der Waals surface area (Å²) in [5.41, 5.74) is 4.93. The van der Waals surface area contributed by atoms with Crippen molar-refractivity contribution in [3.63, 3.8) is 0 Å². The molecule has 0 unspecified atom stereocenters. The van der Waals surface area contributed by atoms with Gasteiger partial charge in [0, 0.05) is 24.2 Å². The molecule has 0 radical (unpaired) electrons. The maximum atomic E-state index is 4.38. The van der Waals surface area contributed by atoms with Gasteiger partial charge < -0.3 is 5.32 Å². The predicted molar refractivity (Wildman–Crippen MR) is 87.0 cm³/mol. The molecule has 1 saturated carbocycles. The summed E-state index contributed by atoms with van der Waals surface area (Å²) < 4.78 is 0. The van der Waals surface area contributed by atoms with E-state index in [2.05, 4.69) is 58.8 Å². The Morgan fingerprint density at radius 1 is 0.952 bits per heavy atom. The summed E-state index contributed by atoms with van der Waals surface area (Å²) in [7, 11) is 0. The lowest BCUT2D eigenvalue weighted by molar-refractivity contribution is 0.688. The molecule has 2 aromatic carbocycles. The minimum absolute atomic E-state index is 0.750. The molecule has 0 saturated heterocycles. The molecule has 3 aromatic rings. The van der Waals surface area contributed by atoms with Gasteiger partial charge in [-0.3, -0.25) is 4.98 Å². The van der Waals surface area contributed by atoms with E-state index in [1.54, 1.807) is 0 Å². The van der Waals surface area contributed by atoms with Crippen molar-refractivity contribution in [3.05, 3.63) is 66.4 Å². The minimum atomic E-state index is 0.750. The largest absolute Gasteiger partial charge is 0.310 e. The van der Waals surface area contributed by atoms with Crippen molar-refractivity contribution >= 4 is 10.9 Å². The zero-order valence-corrected chi connectivity index (χ0v) is 11.9. The molecule has 21 heavy (non-hydrogen) atoms. The molecule has 0 amide bonds. The maximum absolute atomic E-state index is 4.38. The van der Waals surface area contributed by atoms with E-state index in [4.69, 9.17) is 0 Å². The van der Waals surface area contributed by atoms with E-state index < -0.39 is 0 Å². The van der Waals surface area contributed by atoms with Crippen LogP contribution in [0.4, 0.5) is 0 Å². The van der Waals surface area contributed by atoms with Gasteiger partial charge in [-0.25, -0.2) is 0 Å². The summed E-state index contributed by atoms with van der Waals surface area (Å²) in [6, 6.07) is 20.1. The van der Waals surface area contributed by atoms with Gasteiger partial charge in [-0.2, -0.15) is 0 Å². The second kappa shape index (κ2) is 5.30. The number of aromatic nitrogens is 1. The highest BCUT2D eigenvalue weighted by Crippen LogP contribution is 2.25. The molecule has 2 nitrogen and oxygen atoms in total. The quantitative estimate of drug-likeness (QED) is 0.773. The van der Waals surface area contributed by atoms with Gasteiger partial charge in [0.15, 0.2) is 0 Å². The van der Waals surface area contributed by atoms with Crippen LogP contribution in [-0.4, -0.2) is 11.0 Å². The van der Waals surface area contributed by atoms with Crippen LogP contribution in [-0.2, 0) is 6.54 Å². The first kappa shape index (κ1) is 12.5. The molecule has 1 aliphatic carbocycles. The first-order chi connectivity index (χ1) is 10.4. The molecular weight excluding hydrogens is 256 g/mol. The lowest BCUT2D eigenvalue weighted by atomic mass is 10.0. The maximum Gasteiger partial charge on any atom is 0.0702 e. The normalized spacial score (nSPS) is 14.5. The minimum Gasteiger partial charge on any atom is -0.310 e. The average Bonchev–Trinajstić information content (AvgIpc) is 3.37. The van der Waals surface area contributed by atoms with E-state index in [-0.39, 0.29) is 0 Å². The first-order valence-corrected chi connectivity index (χ1v) is 7.56. The van der Waals surface area contributed by atoms with E-state index in [9.17, 15) is 0 Å². The average molecular weight is 274 g/mol. The lowest BCUT2D eigenvalue weighted by Crippen LogP contribution is -2.15. The number of pyridine rings is 1. The second-order valence-corrected chi connectivity index (χ2v) is 5.77. The van der Waals surface area contributed by atoms with Crippen LogP contribution in [0.5, 0.6) is 0 Å². The third kappa shape index (κ3) is 2.81. The van der Waals surface area contributed by atoms with Crippen LogP contribution < -0.4 is 5.32 Å². The molecule has 1 heterocycles.